The van der Waals surface area contributed by atoms with Crippen LogP contribution in [0.25, 0.3) is 10.8 Å². The van der Waals surface area contributed by atoms with Crippen molar-refractivity contribution in [1.82, 2.24) is 9.62 Å². The molecule has 5 nitrogen and oxygen atoms in total. The number of amides is 1. The lowest BCUT2D eigenvalue weighted by molar-refractivity contribution is -0.121. The minimum Gasteiger partial charge on any atom is -0.353 e. The summed E-state index contributed by atoms with van der Waals surface area (Å²) in [6.07, 6.45) is 4.86. The number of benzene rings is 2. The molecular formula is C20H24N2O3S. The zero-order valence-corrected chi connectivity index (χ0v) is 15.7. The lowest BCUT2D eigenvalue weighted by Gasteiger charge is -2.37. The number of nitrogens with one attached hydrogen (secondary N) is 1. The number of hydrogen-bond acceptors (Lipinski definition) is 3. The molecule has 4 rings (SSSR count). The van der Waals surface area contributed by atoms with Crippen LogP contribution in [0.1, 0.15) is 31.2 Å². The molecule has 0 saturated carbocycles. The molecule has 2 atom stereocenters. The van der Waals surface area contributed by atoms with Gasteiger partial charge in [-0.05, 0) is 42.0 Å². The molecule has 2 unspecified atom stereocenters. The summed E-state index contributed by atoms with van der Waals surface area (Å²) in [5.74, 6) is 0.0126. The Bertz CT molecular complexity index is 922. The van der Waals surface area contributed by atoms with Gasteiger partial charge in [-0.2, -0.15) is 4.31 Å². The van der Waals surface area contributed by atoms with Crippen molar-refractivity contribution in [3.63, 3.8) is 0 Å². The van der Waals surface area contributed by atoms with Crippen molar-refractivity contribution in [3.05, 3.63) is 48.0 Å². The minimum atomic E-state index is -3.17. The van der Waals surface area contributed by atoms with E-state index >= 15 is 0 Å². The number of piperidine rings is 1. The molecule has 26 heavy (non-hydrogen) atoms. The number of sulfonamides is 1. The van der Waals surface area contributed by atoms with E-state index in [4.69, 9.17) is 0 Å². The molecule has 0 spiro atoms. The van der Waals surface area contributed by atoms with Gasteiger partial charge in [0.1, 0.15) is 0 Å². The van der Waals surface area contributed by atoms with E-state index in [9.17, 15) is 13.2 Å². The topological polar surface area (TPSA) is 66.5 Å². The predicted octanol–water partition coefficient (Wildman–Crippen LogP) is 2.45. The number of hydrogen-bond donors (Lipinski definition) is 1. The predicted molar refractivity (Wildman–Crippen MR) is 102 cm³/mol. The van der Waals surface area contributed by atoms with Crippen molar-refractivity contribution in [2.24, 2.45) is 0 Å². The molecule has 2 aliphatic heterocycles. The van der Waals surface area contributed by atoms with Gasteiger partial charge in [-0.3, -0.25) is 4.79 Å². The highest BCUT2D eigenvalue weighted by Gasteiger charge is 2.45. The Kier molecular flexibility index (Phi) is 4.49. The van der Waals surface area contributed by atoms with E-state index in [1.54, 1.807) is 4.31 Å². The molecular weight excluding hydrogens is 348 g/mol. The van der Waals surface area contributed by atoms with Gasteiger partial charge in [0, 0.05) is 18.1 Å². The molecule has 1 N–H and O–H groups in total. The molecule has 2 bridgehead atoms. The van der Waals surface area contributed by atoms with E-state index < -0.39 is 10.0 Å². The molecule has 0 aromatic heterocycles. The zero-order valence-electron chi connectivity index (χ0n) is 14.9. The summed E-state index contributed by atoms with van der Waals surface area (Å²) in [4.78, 5) is 12.6. The monoisotopic (exact) mass is 372 g/mol. The fraction of sp³-hybridized carbons (Fsp3) is 0.450. The van der Waals surface area contributed by atoms with Crippen LogP contribution in [-0.2, 0) is 21.2 Å². The average molecular weight is 372 g/mol. The van der Waals surface area contributed by atoms with Gasteiger partial charge in [0.25, 0.3) is 0 Å². The van der Waals surface area contributed by atoms with Crippen molar-refractivity contribution < 1.29 is 13.2 Å². The molecule has 2 fully saturated rings. The third-order valence-corrected chi connectivity index (χ3v) is 7.01. The van der Waals surface area contributed by atoms with Crippen LogP contribution in [0.2, 0.25) is 0 Å². The van der Waals surface area contributed by atoms with Gasteiger partial charge < -0.3 is 5.32 Å². The second-order valence-corrected chi connectivity index (χ2v) is 9.42. The Hall–Kier alpha value is -1.92. The molecule has 1 amide bonds. The second-order valence-electron chi connectivity index (χ2n) is 7.53. The van der Waals surface area contributed by atoms with Crippen molar-refractivity contribution in [3.8, 4) is 0 Å². The maximum Gasteiger partial charge on any atom is 0.224 e. The summed E-state index contributed by atoms with van der Waals surface area (Å²) >= 11 is 0. The molecule has 2 saturated heterocycles. The van der Waals surface area contributed by atoms with Crippen LogP contribution < -0.4 is 5.32 Å². The molecule has 2 aromatic carbocycles. The first kappa shape index (κ1) is 17.5. The SMILES string of the molecule is CS(=O)(=O)N1C2CCC1CC(NC(=O)Cc1cccc3ccccc13)C2. The minimum absolute atomic E-state index is 0.0126. The summed E-state index contributed by atoms with van der Waals surface area (Å²) in [6.45, 7) is 0. The van der Waals surface area contributed by atoms with E-state index in [2.05, 4.69) is 17.4 Å². The van der Waals surface area contributed by atoms with Gasteiger partial charge in [-0.15, -0.1) is 0 Å². The van der Waals surface area contributed by atoms with Crippen molar-refractivity contribution >= 4 is 26.7 Å². The molecule has 2 heterocycles. The zero-order chi connectivity index (χ0) is 18.3. The van der Waals surface area contributed by atoms with E-state index in [0.29, 0.717) is 19.3 Å². The average Bonchev–Trinajstić information content (AvgIpc) is 2.88. The van der Waals surface area contributed by atoms with Gasteiger partial charge in [-0.25, -0.2) is 8.42 Å². The maximum absolute atomic E-state index is 12.6. The van der Waals surface area contributed by atoms with Crippen molar-refractivity contribution in [2.75, 3.05) is 6.26 Å². The quantitative estimate of drug-likeness (QED) is 0.896. The Balaban J connectivity index is 1.43. The van der Waals surface area contributed by atoms with Gasteiger partial charge in [0.15, 0.2) is 0 Å². The number of carbonyl (C=O) groups is 1. The number of fused-ring (bicyclic) bond motifs is 3. The third kappa shape index (κ3) is 3.35. The highest BCUT2D eigenvalue weighted by molar-refractivity contribution is 7.88. The highest BCUT2D eigenvalue weighted by atomic mass is 32.2. The van der Waals surface area contributed by atoms with E-state index in [-0.39, 0.29) is 24.0 Å². The molecule has 0 aliphatic carbocycles. The number of carbonyl (C=O) groups excluding carboxylic acids is 1. The van der Waals surface area contributed by atoms with Crippen LogP contribution in [0, 0.1) is 0 Å². The largest absolute Gasteiger partial charge is 0.353 e. The first-order valence-corrected chi connectivity index (χ1v) is 11.0. The highest BCUT2D eigenvalue weighted by Crippen LogP contribution is 2.37. The summed E-state index contributed by atoms with van der Waals surface area (Å²) in [6, 6.07) is 14.2. The second kappa shape index (κ2) is 6.67. The summed E-state index contributed by atoms with van der Waals surface area (Å²) in [5, 5.41) is 5.39. The van der Waals surface area contributed by atoms with Gasteiger partial charge in [0.05, 0.1) is 12.7 Å². The fourth-order valence-corrected chi connectivity index (χ4v) is 6.16. The normalized spacial score (nSPS) is 26.1. The van der Waals surface area contributed by atoms with Crippen LogP contribution in [0.3, 0.4) is 0 Å². The smallest absolute Gasteiger partial charge is 0.224 e. The van der Waals surface area contributed by atoms with Crippen LogP contribution >= 0.6 is 0 Å². The van der Waals surface area contributed by atoms with E-state index in [0.717, 1.165) is 29.2 Å². The van der Waals surface area contributed by atoms with Crippen molar-refractivity contribution in [2.45, 2.75) is 50.2 Å². The maximum atomic E-state index is 12.6. The van der Waals surface area contributed by atoms with Gasteiger partial charge in [0.2, 0.25) is 15.9 Å². The van der Waals surface area contributed by atoms with Crippen LogP contribution in [0.15, 0.2) is 42.5 Å². The summed E-state index contributed by atoms with van der Waals surface area (Å²) in [7, 11) is -3.17. The Morgan fingerprint density at radius 3 is 2.42 bits per heavy atom. The summed E-state index contributed by atoms with van der Waals surface area (Å²) < 4.78 is 25.6. The Morgan fingerprint density at radius 1 is 1.08 bits per heavy atom. The first-order chi connectivity index (χ1) is 12.4. The van der Waals surface area contributed by atoms with Crippen LogP contribution in [0.5, 0.6) is 0 Å². The fourth-order valence-electron chi connectivity index (χ4n) is 4.69. The molecule has 2 aliphatic rings. The van der Waals surface area contributed by atoms with Gasteiger partial charge in [-0.1, -0.05) is 42.5 Å². The molecule has 0 radical (unpaired) electrons. The third-order valence-electron chi connectivity index (χ3n) is 5.65. The van der Waals surface area contributed by atoms with E-state index in [1.807, 2.05) is 30.3 Å². The summed E-state index contributed by atoms with van der Waals surface area (Å²) in [5.41, 5.74) is 1.03. The standard InChI is InChI=1S/C20H24N2O3S/c1-26(24,25)22-17-9-10-18(22)13-16(12-17)21-20(23)11-15-7-4-6-14-5-2-3-8-19(14)15/h2-8,16-18H,9-13H2,1H3,(H,21,23). The lowest BCUT2D eigenvalue weighted by Crippen LogP contribution is -2.52. The Morgan fingerprint density at radius 2 is 1.73 bits per heavy atom. The van der Waals surface area contributed by atoms with E-state index in [1.165, 1.54) is 6.26 Å². The lowest BCUT2D eigenvalue weighted by atomic mass is 9.98. The molecule has 2 aromatic rings. The van der Waals surface area contributed by atoms with Crippen molar-refractivity contribution in [1.29, 1.82) is 0 Å². The molecule has 6 heteroatoms. The Labute approximate surface area is 154 Å². The number of nitrogens with zero attached hydrogens (tertiary/aromatic N) is 1. The van der Waals surface area contributed by atoms with Crippen LogP contribution in [0.4, 0.5) is 0 Å². The van der Waals surface area contributed by atoms with Gasteiger partial charge >= 0.3 is 0 Å². The number of rotatable bonds is 4. The molecule has 138 valence electrons. The first-order valence-electron chi connectivity index (χ1n) is 9.16. The van der Waals surface area contributed by atoms with Crippen LogP contribution in [-0.4, -0.2) is 43.0 Å².